The molecule has 21 heavy (non-hydrogen) atoms. The highest BCUT2D eigenvalue weighted by Crippen LogP contribution is 2.17. The predicted octanol–water partition coefficient (Wildman–Crippen LogP) is 4.04. The van der Waals surface area contributed by atoms with Crippen LogP contribution in [-0.2, 0) is 13.2 Å². The Balaban J connectivity index is 1.96. The first-order valence-electron chi connectivity index (χ1n) is 7.05. The highest BCUT2D eigenvalue weighted by molar-refractivity contribution is 5.29. The van der Waals surface area contributed by atoms with E-state index in [1.54, 1.807) is 6.07 Å². The molecular weight excluding hydrogens is 272 g/mol. The van der Waals surface area contributed by atoms with E-state index in [9.17, 15) is 8.78 Å². The Bertz CT molecular complexity index is 587. The third-order valence-electron chi connectivity index (χ3n) is 3.06. The standard InChI is InChI=1S/C17H19F2NO/c1-2-8-20-11-13-4-3-5-16(9-13)21-12-14-10-15(18)6-7-17(14)19/h3-7,9-10,20H,2,8,11-12H2,1H3. The molecule has 0 aliphatic rings. The van der Waals surface area contributed by atoms with E-state index in [0.29, 0.717) is 5.75 Å². The summed E-state index contributed by atoms with van der Waals surface area (Å²) in [5.41, 5.74) is 1.31. The Kier molecular flexibility index (Phi) is 5.69. The van der Waals surface area contributed by atoms with Gasteiger partial charge in [-0.2, -0.15) is 0 Å². The predicted molar refractivity (Wildman–Crippen MR) is 79.1 cm³/mol. The maximum absolute atomic E-state index is 13.5. The fraction of sp³-hybridized carbons (Fsp3) is 0.294. The molecule has 2 rings (SSSR count). The lowest BCUT2D eigenvalue weighted by Crippen LogP contribution is -2.13. The number of rotatable bonds is 7. The van der Waals surface area contributed by atoms with E-state index < -0.39 is 11.6 Å². The smallest absolute Gasteiger partial charge is 0.130 e. The molecular formula is C17H19F2NO. The highest BCUT2D eigenvalue weighted by atomic mass is 19.1. The fourth-order valence-corrected chi connectivity index (χ4v) is 1.97. The van der Waals surface area contributed by atoms with Crippen molar-refractivity contribution in [3.63, 3.8) is 0 Å². The van der Waals surface area contributed by atoms with Crippen LogP contribution < -0.4 is 10.1 Å². The first-order valence-corrected chi connectivity index (χ1v) is 7.05. The highest BCUT2D eigenvalue weighted by Gasteiger charge is 2.05. The molecule has 0 saturated carbocycles. The van der Waals surface area contributed by atoms with Crippen LogP contribution in [0.15, 0.2) is 42.5 Å². The zero-order valence-corrected chi connectivity index (χ0v) is 12.0. The van der Waals surface area contributed by atoms with E-state index >= 15 is 0 Å². The summed E-state index contributed by atoms with van der Waals surface area (Å²) < 4.78 is 32.1. The summed E-state index contributed by atoms with van der Waals surface area (Å²) >= 11 is 0. The molecule has 0 heterocycles. The SMILES string of the molecule is CCCNCc1cccc(OCc2cc(F)ccc2F)c1. The Morgan fingerprint density at radius 2 is 1.95 bits per heavy atom. The second-order valence-corrected chi connectivity index (χ2v) is 4.85. The number of halogens is 2. The molecule has 0 saturated heterocycles. The van der Waals surface area contributed by atoms with Crippen molar-refractivity contribution in [1.82, 2.24) is 5.32 Å². The average Bonchev–Trinajstić information content (AvgIpc) is 2.49. The minimum absolute atomic E-state index is 0.00936. The number of hydrogen-bond acceptors (Lipinski definition) is 2. The summed E-state index contributed by atoms with van der Waals surface area (Å²) in [6.07, 6.45) is 1.08. The Morgan fingerprint density at radius 3 is 2.76 bits per heavy atom. The Morgan fingerprint density at radius 1 is 1.10 bits per heavy atom. The lowest BCUT2D eigenvalue weighted by Gasteiger charge is -2.09. The number of nitrogens with one attached hydrogen (secondary N) is 1. The summed E-state index contributed by atoms with van der Waals surface area (Å²) in [7, 11) is 0. The van der Waals surface area contributed by atoms with Crippen molar-refractivity contribution in [2.45, 2.75) is 26.5 Å². The average molecular weight is 291 g/mol. The van der Waals surface area contributed by atoms with E-state index in [4.69, 9.17) is 4.74 Å². The molecule has 0 atom stereocenters. The molecule has 0 radical (unpaired) electrons. The molecule has 0 aliphatic heterocycles. The monoisotopic (exact) mass is 291 g/mol. The van der Waals surface area contributed by atoms with Crippen molar-refractivity contribution in [3.05, 3.63) is 65.2 Å². The molecule has 0 spiro atoms. The van der Waals surface area contributed by atoms with Crippen LogP contribution >= 0.6 is 0 Å². The van der Waals surface area contributed by atoms with Gasteiger partial charge in [0, 0.05) is 12.1 Å². The summed E-state index contributed by atoms with van der Waals surface area (Å²) in [6, 6.07) is 11.0. The molecule has 0 unspecified atom stereocenters. The molecule has 2 nitrogen and oxygen atoms in total. The molecule has 0 aromatic heterocycles. The first kappa shape index (κ1) is 15.4. The summed E-state index contributed by atoms with van der Waals surface area (Å²) in [6.45, 7) is 3.84. The van der Waals surface area contributed by atoms with Crippen molar-refractivity contribution in [2.24, 2.45) is 0 Å². The minimum atomic E-state index is -0.465. The number of ether oxygens (including phenoxy) is 1. The third kappa shape index (κ3) is 4.83. The van der Waals surface area contributed by atoms with E-state index in [0.717, 1.165) is 43.3 Å². The number of benzene rings is 2. The van der Waals surface area contributed by atoms with Crippen LogP contribution in [0.25, 0.3) is 0 Å². The van der Waals surface area contributed by atoms with Crippen molar-refractivity contribution in [2.75, 3.05) is 6.54 Å². The lowest BCUT2D eigenvalue weighted by molar-refractivity contribution is 0.298. The molecule has 112 valence electrons. The van der Waals surface area contributed by atoms with E-state index in [1.807, 2.05) is 18.2 Å². The van der Waals surface area contributed by atoms with Gasteiger partial charge in [0.05, 0.1) is 0 Å². The van der Waals surface area contributed by atoms with Crippen LogP contribution in [0.1, 0.15) is 24.5 Å². The fourth-order valence-electron chi connectivity index (χ4n) is 1.97. The zero-order valence-electron chi connectivity index (χ0n) is 12.0. The quantitative estimate of drug-likeness (QED) is 0.777. The van der Waals surface area contributed by atoms with Gasteiger partial charge in [0.15, 0.2) is 0 Å². The Labute approximate surface area is 123 Å². The van der Waals surface area contributed by atoms with Gasteiger partial charge >= 0.3 is 0 Å². The second kappa shape index (κ2) is 7.74. The molecule has 1 N–H and O–H groups in total. The van der Waals surface area contributed by atoms with Crippen LogP contribution in [0.5, 0.6) is 5.75 Å². The second-order valence-electron chi connectivity index (χ2n) is 4.85. The normalized spacial score (nSPS) is 10.6. The van der Waals surface area contributed by atoms with Gasteiger partial charge in [-0.25, -0.2) is 8.78 Å². The molecule has 2 aromatic carbocycles. The van der Waals surface area contributed by atoms with Crippen molar-refractivity contribution < 1.29 is 13.5 Å². The van der Waals surface area contributed by atoms with Crippen LogP contribution in [0.2, 0.25) is 0 Å². The van der Waals surface area contributed by atoms with Gasteiger partial charge in [0.2, 0.25) is 0 Å². The minimum Gasteiger partial charge on any atom is -0.489 e. The molecule has 4 heteroatoms. The zero-order chi connectivity index (χ0) is 15.1. The summed E-state index contributed by atoms with van der Waals surface area (Å²) in [5, 5.41) is 3.30. The van der Waals surface area contributed by atoms with Gasteiger partial charge in [0.1, 0.15) is 24.0 Å². The maximum atomic E-state index is 13.5. The van der Waals surface area contributed by atoms with Crippen LogP contribution in [0.3, 0.4) is 0 Å². The van der Waals surface area contributed by atoms with E-state index in [1.165, 1.54) is 0 Å². The molecule has 0 bridgehead atoms. The maximum Gasteiger partial charge on any atom is 0.130 e. The van der Waals surface area contributed by atoms with Gasteiger partial charge in [-0.15, -0.1) is 0 Å². The van der Waals surface area contributed by atoms with Crippen LogP contribution in [0, 0.1) is 11.6 Å². The molecule has 0 fully saturated rings. The Hall–Kier alpha value is -1.94. The molecule has 2 aromatic rings. The lowest BCUT2D eigenvalue weighted by atomic mass is 10.2. The topological polar surface area (TPSA) is 21.3 Å². The first-order chi connectivity index (χ1) is 10.2. The summed E-state index contributed by atoms with van der Waals surface area (Å²) in [5.74, 6) is -0.279. The number of hydrogen-bond donors (Lipinski definition) is 1. The van der Waals surface area contributed by atoms with E-state index in [-0.39, 0.29) is 12.2 Å². The summed E-state index contributed by atoms with van der Waals surface area (Å²) in [4.78, 5) is 0. The van der Waals surface area contributed by atoms with Crippen LogP contribution in [-0.4, -0.2) is 6.54 Å². The van der Waals surface area contributed by atoms with Crippen molar-refractivity contribution in [3.8, 4) is 5.75 Å². The van der Waals surface area contributed by atoms with Gasteiger partial charge in [-0.05, 0) is 48.9 Å². The van der Waals surface area contributed by atoms with Gasteiger partial charge in [-0.3, -0.25) is 0 Å². The van der Waals surface area contributed by atoms with Gasteiger partial charge < -0.3 is 10.1 Å². The molecule has 0 aliphatic carbocycles. The third-order valence-corrected chi connectivity index (χ3v) is 3.06. The largest absolute Gasteiger partial charge is 0.489 e. The van der Waals surface area contributed by atoms with Crippen molar-refractivity contribution in [1.29, 1.82) is 0 Å². The van der Waals surface area contributed by atoms with Gasteiger partial charge in [-0.1, -0.05) is 19.1 Å². The van der Waals surface area contributed by atoms with E-state index in [2.05, 4.69) is 12.2 Å². The van der Waals surface area contributed by atoms with Crippen molar-refractivity contribution >= 4 is 0 Å². The molecule has 0 amide bonds. The van der Waals surface area contributed by atoms with Crippen LogP contribution in [0.4, 0.5) is 8.78 Å². The van der Waals surface area contributed by atoms with Gasteiger partial charge in [0.25, 0.3) is 0 Å².